The van der Waals surface area contributed by atoms with Crippen molar-refractivity contribution in [2.45, 2.75) is 26.3 Å². The lowest BCUT2D eigenvalue weighted by molar-refractivity contribution is -0.128. The Morgan fingerprint density at radius 2 is 2.31 bits per heavy atom. The number of hydrogen-bond acceptors (Lipinski definition) is 2. The molecular weight excluding hydrogens is 164 g/mol. The van der Waals surface area contributed by atoms with E-state index in [1.807, 2.05) is 27.0 Å². The van der Waals surface area contributed by atoms with Gasteiger partial charge in [-0.1, -0.05) is 6.08 Å². The summed E-state index contributed by atoms with van der Waals surface area (Å²) in [6.45, 7) is 8.83. The Morgan fingerprint density at radius 3 is 2.77 bits per heavy atom. The molecule has 3 nitrogen and oxygen atoms in total. The van der Waals surface area contributed by atoms with Crippen LogP contribution in [0.3, 0.4) is 0 Å². The summed E-state index contributed by atoms with van der Waals surface area (Å²) in [6, 6.07) is 0.326. The van der Waals surface area contributed by atoms with E-state index in [9.17, 15) is 4.79 Å². The Bertz CT molecular complexity index is 168. The summed E-state index contributed by atoms with van der Waals surface area (Å²) in [7, 11) is 1.81. The number of likely N-dealkylation sites (N-methyl/N-ethyl adjacent to an activating group) is 1. The second-order valence-electron chi connectivity index (χ2n) is 3.21. The number of rotatable bonds is 6. The third-order valence-electron chi connectivity index (χ3n) is 2.02. The lowest BCUT2D eigenvalue weighted by Gasteiger charge is -2.17. The molecule has 0 heterocycles. The van der Waals surface area contributed by atoms with E-state index < -0.39 is 0 Å². The summed E-state index contributed by atoms with van der Waals surface area (Å²) >= 11 is 0. The molecule has 3 heteroatoms. The Balaban J connectivity index is 3.62. The largest absolute Gasteiger partial charge is 0.345 e. The Hall–Kier alpha value is -0.830. The quantitative estimate of drug-likeness (QED) is 0.625. The fraction of sp³-hybridized carbons (Fsp3) is 0.700. The summed E-state index contributed by atoms with van der Waals surface area (Å²) in [6.07, 6.45) is 2.74. The minimum absolute atomic E-state index is 0.137. The van der Waals surface area contributed by atoms with E-state index in [1.54, 1.807) is 4.90 Å². The van der Waals surface area contributed by atoms with Crippen molar-refractivity contribution < 1.29 is 4.79 Å². The van der Waals surface area contributed by atoms with E-state index in [4.69, 9.17) is 0 Å². The van der Waals surface area contributed by atoms with Gasteiger partial charge in [0.05, 0.1) is 6.54 Å². The summed E-state index contributed by atoms with van der Waals surface area (Å²) in [5, 5.41) is 3.14. The summed E-state index contributed by atoms with van der Waals surface area (Å²) in [4.78, 5) is 13.0. The van der Waals surface area contributed by atoms with Crippen LogP contribution in [0.2, 0.25) is 0 Å². The van der Waals surface area contributed by atoms with Gasteiger partial charge in [-0.15, -0.1) is 6.58 Å². The highest BCUT2D eigenvalue weighted by atomic mass is 16.2. The molecule has 1 atom stereocenters. The number of hydrogen-bond donors (Lipinski definition) is 1. The highest BCUT2D eigenvalue weighted by Gasteiger charge is 2.07. The molecule has 0 saturated heterocycles. The van der Waals surface area contributed by atoms with Crippen LogP contribution < -0.4 is 5.32 Å². The number of carbonyl (C=O) groups is 1. The second kappa shape index (κ2) is 6.66. The van der Waals surface area contributed by atoms with E-state index in [1.165, 1.54) is 0 Å². The average molecular weight is 184 g/mol. The first-order chi connectivity index (χ1) is 6.11. The molecule has 76 valence electrons. The SMILES string of the molecule is C=CCC(C)NCC(=O)N(C)CC. The predicted octanol–water partition coefficient (Wildman–Crippen LogP) is 1.02. The van der Waals surface area contributed by atoms with Crippen LogP contribution in [0.5, 0.6) is 0 Å². The van der Waals surface area contributed by atoms with Gasteiger partial charge in [-0.25, -0.2) is 0 Å². The van der Waals surface area contributed by atoms with Crippen LogP contribution in [0.1, 0.15) is 20.3 Å². The topological polar surface area (TPSA) is 32.3 Å². The predicted molar refractivity (Wildman–Crippen MR) is 55.6 cm³/mol. The van der Waals surface area contributed by atoms with Crippen LogP contribution in [0.4, 0.5) is 0 Å². The van der Waals surface area contributed by atoms with Gasteiger partial charge in [0.15, 0.2) is 0 Å². The molecule has 0 spiro atoms. The van der Waals surface area contributed by atoms with Gasteiger partial charge in [0.25, 0.3) is 0 Å². The molecule has 0 rings (SSSR count). The molecule has 1 unspecified atom stereocenters. The van der Waals surface area contributed by atoms with Crippen molar-refractivity contribution in [2.24, 2.45) is 0 Å². The molecule has 0 saturated carbocycles. The normalized spacial score (nSPS) is 12.2. The Labute approximate surface area is 80.8 Å². The van der Waals surface area contributed by atoms with E-state index in [0.717, 1.165) is 13.0 Å². The molecule has 0 aromatic heterocycles. The van der Waals surface area contributed by atoms with Crippen molar-refractivity contribution in [3.05, 3.63) is 12.7 Å². The van der Waals surface area contributed by atoms with Crippen LogP contribution in [0.25, 0.3) is 0 Å². The van der Waals surface area contributed by atoms with Crippen molar-refractivity contribution in [1.29, 1.82) is 0 Å². The van der Waals surface area contributed by atoms with Crippen molar-refractivity contribution in [1.82, 2.24) is 10.2 Å². The molecule has 13 heavy (non-hydrogen) atoms. The van der Waals surface area contributed by atoms with E-state index in [-0.39, 0.29) is 5.91 Å². The van der Waals surface area contributed by atoms with E-state index in [2.05, 4.69) is 11.9 Å². The Kier molecular flexibility index (Phi) is 6.24. The van der Waals surface area contributed by atoms with Crippen LogP contribution in [-0.4, -0.2) is 37.0 Å². The number of nitrogens with one attached hydrogen (secondary N) is 1. The van der Waals surface area contributed by atoms with Crippen LogP contribution in [-0.2, 0) is 4.79 Å². The maximum absolute atomic E-state index is 11.3. The maximum atomic E-state index is 11.3. The minimum Gasteiger partial charge on any atom is -0.345 e. The van der Waals surface area contributed by atoms with Gasteiger partial charge < -0.3 is 10.2 Å². The third-order valence-corrected chi connectivity index (χ3v) is 2.02. The molecule has 0 radical (unpaired) electrons. The molecule has 0 bridgehead atoms. The lowest BCUT2D eigenvalue weighted by Crippen LogP contribution is -2.38. The van der Waals surface area contributed by atoms with E-state index >= 15 is 0 Å². The molecule has 1 amide bonds. The van der Waals surface area contributed by atoms with Gasteiger partial charge in [-0.2, -0.15) is 0 Å². The second-order valence-corrected chi connectivity index (χ2v) is 3.21. The number of nitrogens with zero attached hydrogens (tertiary/aromatic N) is 1. The number of carbonyl (C=O) groups excluding carboxylic acids is 1. The molecule has 0 aromatic carbocycles. The highest BCUT2D eigenvalue weighted by molar-refractivity contribution is 5.77. The van der Waals surface area contributed by atoms with Crippen LogP contribution in [0.15, 0.2) is 12.7 Å². The zero-order valence-corrected chi connectivity index (χ0v) is 8.84. The summed E-state index contributed by atoms with van der Waals surface area (Å²) in [5.41, 5.74) is 0. The zero-order chi connectivity index (χ0) is 10.3. The molecule has 1 N–H and O–H groups in total. The minimum atomic E-state index is 0.137. The van der Waals surface area contributed by atoms with Gasteiger partial charge in [0.2, 0.25) is 5.91 Å². The van der Waals surface area contributed by atoms with Crippen LogP contribution in [0, 0.1) is 0 Å². The zero-order valence-electron chi connectivity index (χ0n) is 8.84. The average Bonchev–Trinajstić information content (AvgIpc) is 2.13. The first-order valence-electron chi connectivity index (χ1n) is 4.70. The standard InChI is InChI=1S/C10H20N2O/c1-5-7-9(3)11-8-10(13)12(4)6-2/h5,9,11H,1,6-8H2,2-4H3. The molecule has 0 aliphatic carbocycles. The van der Waals surface area contributed by atoms with E-state index in [0.29, 0.717) is 12.6 Å². The molecule has 0 fully saturated rings. The van der Waals surface area contributed by atoms with Gasteiger partial charge >= 0.3 is 0 Å². The van der Waals surface area contributed by atoms with Gasteiger partial charge in [0.1, 0.15) is 0 Å². The van der Waals surface area contributed by atoms with Gasteiger partial charge in [0, 0.05) is 19.6 Å². The number of amides is 1. The molecular formula is C10H20N2O. The fourth-order valence-corrected chi connectivity index (χ4v) is 0.906. The monoisotopic (exact) mass is 184 g/mol. The van der Waals surface area contributed by atoms with Gasteiger partial charge in [-0.05, 0) is 20.3 Å². The maximum Gasteiger partial charge on any atom is 0.236 e. The molecule has 0 aromatic rings. The summed E-state index contributed by atoms with van der Waals surface area (Å²) in [5.74, 6) is 0.137. The van der Waals surface area contributed by atoms with Crippen molar-refractivity contribution >= 4 is 5.91 Å². The Morgan fingerprint density at radius 1 is 1.69 bits per heavy atom. The third kappa shape index (κ3) is 5.42. The summed E-state index contributed by atoms with van der Waals surface area (Å²) < 4.78 is 0. The highest BCUT2D eigenvalue weighted by Crippen LogP contribution is 1.90. The van der Waals surface area contributed by atoms with Crippen LogP contribution >= 0.6 is 0 Å². The van der Waals surface area contributed by atoms with Crippen molar-refractivity contribution in [3.63, 3.8) is 0 Å². The van der Waals surface area contributed by atoms with Crippen molar-refractivity contribution in [3.8, 4) is 0 Å². The fourth-order valence-electron chi connectivity index (χ4n) is 0.906. The first-order valence-corrected chi connectivity index (χ1v) is 4.70. The van der Waals surface area contributed by atoms with Crippen molar-refractivity contribution in [2.75, 3.05) is 20.1 Å². The molecule has 0 aliphatic heterocycles. The lowest BCUT2D eigenvalue weighted by atomic mass is 10.2. The molecule has 0 aliphatic rings. The first kappa shape index (κ1) is 12.2. The van der Waals surface area contributed by atoms with Gasteiger partial charge in [-0.3, -0.25) is 4.79 Å². The smallest absolute Gasteiger partial charge is 0.236 e.